The van der Waals surface area contributed by atoms with Crippen LogP contribution in [0.5, 0.6) is 0 Å². The molecule has 2 aliphatic rings. The van der Waals surface area contributed by atoms with E-state index in [0.29, 0.717) is 19.1 Å². The largest absolute Gasteiger partial charge is 0.448 e. The summed E-state index contributed by atoms with van der Waals surface area (Å²) in [7, 11) is 1.71. The van der Waals surface area contributed by atoms with Gasteiger partial charge in [0.25, 0.3) is 0 Å². The highest BCUT2D eigenvalue weighted by atomic mass is 16.5. The number of hydrogen-bond donors (Lipinski definition) is 1. The third-order valence-electron chi connectivity index (χ3n) is 4.37. The number of hydrogen-bond acceptors (Lipinski definition) is 5. The second kappa shape index (κ2) is 5.61. The number of aromatic nitrogens is 1. The van der Waals surface area contributed by atoms with Crippen LogP contribution < -0.4 is 0 Å². The van der Waals surface area contributed by atoms with Gasteiger partial charge in [-0.1, -0.05) is 6.42 Å². The monoisotopic (exact) mass is 266 g/mol. The number of methoxy groups -OCH3 is 1. The van der Waals surface area contributed by atoms with Gasteiger partial charge in [0.05, 0.1) is 18.4 Å². The minimum atomic E-state index is -0.251. The zero-order chi connectivity index (χ0) is 13.2. The van der Waals surface area contributed by atoms with Gasteiger partial charge in [0.1, 0.15) is 5.76 Å². The summed E-state index contributed by atoms with van der Waals surface area (Å²) in [6.45, 7) is 2.12. The van der Waals surface area contributed by atoms with E-state index in [9.17, 15) is 5.11 Å². The Hall–Kier alpha value is -0.910. The van der Waals surface area contributed by atoms with Crippen LogP contribution in [0.1, 0.15) is 43.1 Å². The minimum absolute atomic E-state index is 0.251. The van der Waals surface area contributed by atoms with E-state index < -0.39 is 0 Å². The molecular formula is C14H22N2O3. The highest BCUT2D eigenvalue weighted by molar-refractivity contribution is 5.15. The molecule has 0 bridgehead atoms. The van der Waals surface area contributed by atoms with Crippen LogP contribution in [0.2, 0.25) is 0 Å². The van der Waals surface area contributed by atoms with Gasteiger partial charge in [0, 0.05) is 32.2 Å². The highest BCUT2D eigenvalue weighted by Gasteiger charge is 2.33. The van der Waals surface area contributed by atoms with Crippen molar-refractivity contribution in [3.63, 3.8) is 0 Å². The second-order valence-corrected chi connectivity index (χ2v) is 5.72. The Kier molecular flexibility index (Phi) is 3.86. The fourth-order valence-electron chi connectivity index (χ4n) is 3.11. The predicted molar refractivity (Wildman–Crippen MR) is 69.8 cm³/mol. The SMILES string of the molecule is COC[C@H]1C[C@@H](O)CN1Cc1ncoc1C1CCC1. The molecule has 1 N–H and O–H groups in total. The van der Waals surface area contributed by atoms with Crippen molar-refractivity contribution < 1.29 is 14.3 Å². The van der Waals surface area contributed by atoms with E-state index >= 15 is 0 Å². The maximum absolute atomic E-state index is 9.82. The fraction of sp³-hybridized carbons (Fsp3) is 0.786. The standard InChI is InChI=1S/C14H22N2O3/c1-18-8-11-5-12(17)6-16(11)7-13-14(19-9-15-13)10-3-2-4-10/h9-12,17H,2-8H2,1H3/t11-,12-/m1/s1. The fourth-order valence-corrected chi connectivity index (χ4v) is 3.11. The molecule has 1 aromatic rings. The number of rotatable bonds is 5. The summed E-state index contributed by atoms with van der Waals surface area (Å²) in [5, 5.41) is 9.82. The molecule has 106 valence electrons. The smallest absolute Gasteiger partial charge is 0.181 e. The van der Waals surface area contributed by atoms with Gasteiger partial charge < -0.3 is 14.3 Å². The summed E-state index contributed by atoms with van der Waals surface area (Å²) in [6.07, 6.45) is 5.81. The average molecular weight is 266 g/mol. The zero-order valence-corrected chi connectivity index (χ0v) is 11.4. The van der Waals surface area contributed by atoms with Crippen LogP contribution in [-0.4, -0.2) is 47.4 Å². The molecule has 0 amide bonds. The number of oxazole rings is 1. The van der Waals surface area contributed by atoms with Crippen LogP contribution in [-0.2, 0) is 11.3 Å². The molecule has 19 heavy (non-hydrogen) atoms. The maximum atomic E-state index is 9.82. The van der Waals surface area contributed by atoms with Gasteiger partial charge in [-0.25, -0.2) is 4.98 Å². The van der Waals surface area contributed by atoms with Gasteiger partial charge in [0.2, 0.25) is 0 Å². The molecule has 3 rings (SSSR count). The van der Waals surface area contributed by atoms with Crippen LogP contribution >= 0.6 is 0 Å². The van der Waals surface area contributed by atoms with E-state index in [2.05, 4.69) is 9.88 Å². The minimum Gasteiger partial charge on any atom is -0.448 e. The van der Waals surface area contributed by atoms with Crippen molar-refractivity contribution in [2.45, 2.75) is 50.3 Å². The Balaban J connectivity index is 1.68. The number of nitrogens with zero attached hydrogens (tertiary/aromatic N) is 2. The summed E-state index contributed by atoms with van der Waals surface area (Å²) in [6, 6.07) is 0.283. The third-order valence-corrected chi connectivity index (χ3v) is 4.37. The van der Waals surface area contributed by atoms with Crippen LogP contribution in [0.3, 0.4) is 0 Å². The van der Waals surface area contributed by atoms with Crippen LogP contribution in [0.15, 0.2) is 10.8 Å². The second-order valence-electron chi connectivity index (χ2n) is 5.72. The van der Waals surface area contributed by atoms with Crippen LogP contribution in [0, 0.1) is 0 Å². The lowest BCUT2D eigenvalue weighted by atomic mass is 9.83. The van der Waals surface area contributed by atoms with E-state index in [0.717, 1.165) is 24.4 Å². The summed E-state index contributed by atoms with van der Waals surface area (Å²) in [5.74, 6) is 1.62. The Morgan fingerprint density at radius 2 is 2.37 bits per heavy atom. The summed E-state index contributed by atoms with van der Waals surface area (Å²) in [4.78, 5) is 6.63. The highest BCUT2D eigenvalue weighted by Crippen LogP contribution is 2.38. The molecule has 1 saturated heterocycles. The van der Waals surface area contributed by atoms with E-state index in [-0.39, 0.29) is 12.1 Å². The Morgan fingerprint density at radius 1 is 1.53 bits per heavy atom. The van der Waals surface area contributed by atoms with Crippen molar-refractivity contribution in [3.05, 3.63) is 17.8 Å². The Morgan fingerprint density at radius 3 is 3.05 bits per heavy atom. The molecule has 5 heteroatoms. The lowest BCUT2D eigenvalue weighted by molar-refractivity contribution is 0.110. The molecular weight excluding hydrogens is 244 g/mol. The normalized spacial score (nSPS) is 28.7. The average Bonchev–Trinajstić information content (AvgIpc) is 2.86. The molecule has 0 unspecified atom stereocenters. The molecule has 2 atom stereocenters. The van der Waals surface area contributed by atoms with Gasteiger partial charge in [-0.05, 0) is 19.3 Å². The molecule has 1 aliphatic heterocycles. The van der Waals surface area contributed by atoms with Crippen LogP contribution in [0.4, 0.5) is 0 Å². The Bertz CT molecular complexity index is 417. The van der Waals surface area contributed by atoms with E-state index in [1.165, 1.54) is 19.3 Å². The zero-order valence-electron chi connectivity index (χ0n) is 11.4. The molecule has 2 heterocycles. The number of aliphatic hydroxyl groups excluding tert-OH is 1. The van der Waals surface area contributed by atoms with Crippen molar-refractivity contribution in [2.24, 2.45) is 0 Å². The van der Waals surface area contributed by atoms with Crippen molar-refractivity contribution in [2.75, 3.05) is 20.3 Å². The first-order chi connectivity index (χ1) is 9.28. The lowest BCUT2D eigenvalue weighted by Crippen LogP contribution is -2.33. The molecule has 0 radical (unpaired) electrons. The topological polar surface area (TPSA) is 58.7 Å². The first-order valence-electron chi connectivity index (χ1n) is 7.11. The summed E-state index contributed by atoms with van der Waals surface area (Å²) < 4.78 is 10.8. The number of aliphatic hydroxyl groups is 1. The van der Waals surface area contributed by atoms with E-state index in [1.54, 1.807) is 13.5 Å². The van der Waals surface area contributed by atoms with Crippen molar-refractivity contribution in [1.82, 2.24) is 9.88 Å². The van der Waals surface area contributed by atoms with Crippen molar-refractivity contribution in [3.8, 4) is 0 Å². The maximum Gasteiger partial charge on any atom is 0.181 e. The van der Waals surface area contributed by atoms with E-state index in [4.69, 9.17) is 9.15 Å². The first-order valence-corrected chi connectivity index (χ1v) is 7.11. The predicted octanol–water partition coefficient (Wildman–Crippen LogP) is 1.52. The molecule has 0 spiro atoms. The summed E-state index contributed by atoms with van der Waals surface area (Å²) >= 11 is 0. The Labute approximate surface area is 113 Å². The van der Waals surface area contributed by atoms with Crippen molar-refractivity contribution in [1.29, 1.82) is 0 Å². The lowest BCUT2D eigenvalue weighted by Gasteiger charge is -2.26. The molecule has 1 aliphatic carbocycles. The van der Waals surface area contributed by atoms with E-state index in [1.807, 2.05) is 0 Å². The van der Waals surface area contributed by atoms with Gasteiger partial charge in [-0.15, -0.1) is 0 Å². The third kappa shape index (κ3) is 2.68. The van der Waals surface area contributed by atoms with Crippen LogP contribution in [0.25, 0.3) is 0 Å². The number of ether oxygens (including phenoxy) is 1. The number of likely N-dealkylation sites (tertiary alicyclic amines) is 1. The van der Waals surface area contributed by atoms with Gasteiger partial charge in [0.15, 0.2) is 6.39 Å². The van der Waals surface area contributed by atoms with Crippen molar-refractivity contribution >= 4 is 0 Å². The molecule has 0 aromatic carbocycles. The molecule has 1 saturated carbocycles. The van der Waals surface area contributed by atoms with Gasteiger partial charge in [-0.3, -0.25) is 4.90 Å². The molecule has 2 fully saturated rings. The summed E-state index contributed by atoms with van der Waals surface area (Å²) in [5.41, 5.74) is 1.04. The number of β-amino-alcohol motifs (C(OH)–C–C–N with tert-alkyl or cyclic N) is 1. The molecule has 5 nitrogen and oxygen atoms in total. The van der Waals surface area contributed by atoms with Gasteiger partial charge in [-0.2, -0.15) is 0 Å². The first kappa shape index (κ1) is 13.1. The van der Waals surface area contributed by atoms with Gasteiger partial charge >= 0.3 is 0 Å². The molecule has 1 aromatic heterocycles. The quantitative estimate of drug-likeness (QED) is 0.875.